The molecule has 2 unspecified atom stereocenters. The topological polar surface area (TPSA) is 29.1 Å². The van der Waals surface area contributed by atoms with Crippen LogP contribution in [0.1, 0.15) is 51.0 Å². The Morgan fingerprint density at radius 2 is 2.17 bits per heavy atom. The van der Waals surface area contributed by atoms with Crippen LogP contribution in [0.2, 0.25) is 0 Å². The van der Waals surface area contributed by atoms with Gasteiger partial charge in [-0.15, -0.1) is 0 Å². The molecule has 2 nitrogen and oxygen atoms in total. The summed E-state index contributed by atoms with van der Waals surface area (Å²) in [5.41, 5.74) is 1.21. The zero-order chi connectivity index (χ0) is 13.1. The second-order valence-corrected chi connectivity index (χ2v) is 5.14. The van der Waals surface area contributed by atoms with Gasteiger partial charge in [0.05, 0.1) is 11.6 Å². The first-order valence-corrected chi connectivity index (χ1v) is 6.74. The van der Waals surface area contributed by atoms with Crippen molar-refractivity contribution in [2.24, 2.45) is 5.92 Å². The van der Waals surface area contributed by atoms with Gasteiger partial charge in [0, 0.05) is 0 Å². The number of rotatable bonds is 5. The van der Waals surface area contributed by atoms with Crippen LogP contribution in [0.5, 0.6) is 0 Å². The molecule has 3 heteroatoms. The van der Waals surface area contributed by atoms with Crippen LogP contribution in [0.25, 0.3) is 0 Å². The summed E-state index contributed by atoms with van der Waals surface area (Å²) in [6.07, 6.45) is 4.51. The average molecular weight is 249 g/mol. The van der Waals surface area contributed by atoms with Gasteiger partial charge in [-0.1, -0.05) is 45.2 Å². The van der Waals surface area contributed by atoms with E-state index in [0.29, 0.717) is 5.69 Å². The SMILES string of the molecule is CCCCCC(C)C1C(=O)Nc2c(F)cccc21. The molecule has 1 heterocycles. The highest BCUT2D eigenvalue weighted by atomic mass is 19.1. The minimum Gasteiger partial charge on any atom is -0.323 e. The van der Waals surface area contributed by atoms with Crippen molar-refractivity contribution in [1.29, 1.82) is 0 Å². The molecule has 0 radical (unpaired) electrons. The second-order valence-electron chi connectivity index (χ2n) is 5.14. The molecule has 0 fully saturated rings. The van der Waals surface area contributed by atoms with Crippen LogP contribution < -0.4 is 5.32 Å². The van der Waals surface area contributed by atoms with E-state index in [-0.39, 0.29) is 23.6 Å². The van der Waals surface area contributed by atoms with Crippen molar-refractivity contribution in [2.45, 2.75) is 45.4 Å². The summed E-state index contributed by atoms with van der Waals surface area (Å²) in [7, 11) is 0. The lowest BCUT2D eigenvalue weighted by Gasteiger charge is -2.17. The third-order valence-corrected chi connectivity index (χ3v) is 3.74. The van der Waals surface area contributed by atoms with E-state index in [4.69, 9.17) is 0 Å². The molecule has 1 aliphatic heterocycles. The van der Waals surface area contributed by atoms with Crippen molar-refractivity contribution >= 4 is 11.6 Å². The molecule has 1 aromatic carbocycles. The van der Waals surface area contributed by atoms with Gasteiger partial charge in [-0.3, -0.25) is 4.79 Å². The van der Waals surface area contributed by atoms with Gasteiger partial charge in [-0.2, -0.15) is 0 Å². The number of para-hydroxylation sites is 1. The molecule has 1 N–H and O–H groups in total. The van der Waals surface area contributed by atoms with Crippen LogP contribution in [0.3, 0.4) is 0 Å². The molecule has 2 atom stereocenters. The summed E-state index contributed by atoms with van der Waals surface area (Å²) in [5, 5.41) is 2.67. The van der Waals surface area contributed by atoms with Gasteiger partial charge in [0.15, 0.2) is 0 Å². The number of hydrogen-bond donors (Lipinski definition) is 1. The number of anilines is 1. The molecule has 98 valence electrons. The highest BCUT2D eigenvalue weighted by Crippen LogP contribution is 2.40. The van der Waals surface area contributed by atoms with Crippen LogP contribution in [-0.2, 0) is 4.79 Å². The maximum absolute atomic E-state index is 13.6. The monoisotopic (exact) mass is 249 g/mol. The number of benzene rings is 1. The highest BCUT2D eigenvalue weighted by Gasteiger charge is 2.35. The van der Waals surface area contributed by atoms with Gasteiger partial charge >= 0.3 is 0 Å². The van der Waals surface area contributed by atoms with Crippen molar-refractivity contribution in [3.05, 3.63) is 29.6 Å². The number of amides is 1. The number of carbonyl (C=O) groups is 1. The molecular weight excluding hydrogens is 229 g/mol. The van der Waals surface area contributed by atoms with Crippen molar-refractivity contribution < 1.29 is 9.18 Å². The van der Waals surface area contributed by atoms with Crippen LogP contribution in [0, 0.1) is 11.7 Å². The Morgan fingerprint density at radius 1 is 1.39 bits per heavy atom. The molecule has 0 saturated heterocycles. The van der Waals surface area contributed by atoms with E-state index in [1.165, 1.54) is 18.9 Å². The Balaban J connectivity index is 2.15. The van der Waals surface area contributed by atoms with E-state index in [1.807, 2.05) is 6.07 Å². The molecule has 0 aliphatic carbocycles. The van der Waals surface area contributed by atoms with Crippen LogP contribution >= 0.6 is 0 Å². The lowest BCUT2D eigenvalue weighted by atomic mass is 9.85. The molecule has 0 spiro atoms. The third-order valence-electron chi connectivity index (χ3n) is 3.74. The molecule has 1 aliphatic rings. The predicted molar refractivity (Wildman–Crippen MR) is 71.1 cm³/mol. The van der Waals surface area contributed by atoms with Crippen LogP contribution in [0.4, 0.5) is 10.1 Å². The average Bonchev–Trinajstić information content (AvgIpc) is 2.67. The molecule has 2 rings (SSSR count). The lowest BCUT2D eigenvalue weighted by molar-refractivity contribution is -0.118. The van der Waals surface area contributed by atoms with Crippen molar-refractivity contribution in [3.8, 4) is 0 Å². The largest absolute Gasteiger partial charge is 0.323 e. The third kappa shape index (κ3) is 2.40. The number of unbranched alkanes of at least 4 members (excludes halogenated alkanes) is 2. The van der Waals surface area contributed by atoms with E-state index in [1.54, 1.807) is 6.07 Å². The Hall–Kier alpha value is -1.38. The van der Waals surface area contributed by atoms with Crippen molar-refractivity contribution in [2.75, 3.05) is 5.32 Å². The summed E-state index contributed by atoms with van der Waals surface area (Å²) < 4.78 is 13.6. The van der Waals surface area contributed by atoms with E-state index in [9.17, 15) is 9.18 Å². The molecular formula is C15H20FNO. The first-order valence-electron chi connectivity index (χ1n) is 6.74. The lowest BCUT2D eigenvalue weighted by Crippen LogP contribution is -2.18. The van der Waals surface area contributed by atoms with Gasteiger partial charge in [0.1, 0.15) is 5.82 Å². The zero-order valence-corrected chi connectivity index (χ0v) is 11.0. The van der Waals surface area contributed by atoms with Crippen LogP contribution in [0.15, 0.2) is 18.2 Å². The maximum atomic E-state index is 13.6. The number of carbonyl (C=O) groups excluding carboxylic acids is 1. The second kappa shape index (κ2) is 5.51. The molecule has 0 bridgehead atoms. The van der Waals surface area contributed by atoms with Gasteiger partial charge in [0.2, 0.25) is 5.91 Å². The fraction of sp³-hybridized carbons (Fsp3) is 0.533. The fourth-order valence-electron chi connectivity index (χ4n) is 2.72. The van der Waals surface area contributed by atoms with Crippen molar-refractivity contribution in [1.82, 2.24) is 0 Å². The van der Waals surface area contributed by atoms with E-state index in [2.05, 4.69) is 19.2 Å². The molecule has 1 amide bonds. The minimum absolute atomic E-state index is 0.0564. The van der Waals surface area contributed by atoms with Crippen LogP contribution in [-0.4, -0.2) is 5.91 Å². The smallest absolute Gasteiger partial charge is 0.232 e. The normalized spacial score (nSPS) is 19.5. The van der Waals surface area contributed by atoms with E-state index >= 15 is 0 Å². The first-order chi connectivity index (χ1) is 8.65. The van der Waals surface area contributed by atoms with Gasteiger partial charge in [-0.05, 0) is 24.0 Å². The Bertz CT molecular complexity index is 444. The molecule has 1 aromatic rings. The Morgan fingerprint density at radius 3 is 2.89 bits per heavy atom. The standard InChI is InChI=1S/C15H20FNO/c1-3-4-5-7-10(2)13-11-8-6-9-12(16)14(11)17-15(13)18/h6,8-10,13H,3-5,7H2,1-2H3,(H,17,18). The number of fused-ring (bicyclic) bond motifs is 1. The zero-order valence-electron chi connectivity index (χ0n) is 11.0. The van der Waals surface area contributed by atoms with Gasteiger partial charge in [0.25, 0.3) is 0 Å². The quantitative estimate of drug-likeness (QED) is 0.783. The Labute approximate surface area is 108 Å². The summed E-state index contributed by atoms with van der Waals surface area (Å²) >= 11 is 0. The van der Waals surface area contributed by atoms with Gasteiger partial charge < -0.3 is 5.32 Å². The highest BCUT2D eigenvalue weighted by molar-refractivity contribution is 6.03. The number of halogens is 1. The predicted octanol–water partition coefficient (Wildman–Crippen LogP) is 4.08. The number of nitrogens with one attached hydrogen (secondary N) is 1. The first kappa shape index (κ1) is 13.1. The number of hydrogen-bond acceptors (Lipinski definition) is 1. The van der Waals surface area contributed by atoms with E-state index in [0.717, 1.165) is 18.4 Å². The summed E-state index contributed by atoms with van der Waals surface area (Å²) in [5.74, 6) is -0.310. The van der Waals surface area contributed by atoms with Gasteiger partial charge in [-0.25, -0.2) is 4.39 Å². The summed E-state index contributed by atoms with van der Waals surface area (Å²) in [4.78, 5) is 12.0. The van der Waals surface area contributed by atoms with E-state index < -0.39 is 0 Å². The minimum atomic E-state index is -0.330. The van der Waals surface area contributed by atoms with Crippen molar-refractivity contribution in [3.63, 3.8) is 0 Å². The molecule has 0 aromatic heterocycles. The summed E-state index contributed by atoms with van der Waals surface area (Å²) in [6, 6.07) is 4.93. The maximum Gasteiger partial charge on any atom is 0.232 e. The molecule has 18 heavy (non-hydrogen) atoms. The summed E-state index contributed by atoms with van der Waals surface area (Å²) in [6.45, 7) is 4.25. The molecule has 0 saturated carbocycles. The fourth-order valence-corrected chi connectivity index (χ4v) is 2.72. The Kier molecular flexibility index (Phi) is 4.00.